The van der Waals surface area contributed by atoms with Crippen molar-refractivity contribution in [2.45, 2.75) is 45.8 Å². The average molecular weight is 421 g/mol. The molecule has 0 aliphatic carbocycles. The fourth-order valence-corrected chi connectivity index (χ4v) is 3.05. The van der Waals surface area contributed by atoms with E-state index in [1.54, 1.807) is 36.4 Å². The summed E-state index contributed by atoms with van der Waals surface area (Å²) in [6, 6.07) is 11.9. The van der Waals surface area contributed by atoms with Crippen molar-refractivity contribution in [3.63, 3.8) is 0 Å². The molecule has 0 bridgehead atoms. The number of rotatable bonds is 9. The molecule has 0 fully saturated rings. The highest BCUT2D eigenvalue weighted by Crippen LogP contribution is 2.18. The van der Waals surface area contributed by atoms with E-state index in [4.69, 9.17) is 16.3 Å². The van der Waals surface area contributed by atoms with E-state index in [1.165, 1.54) is 17.0 Å². The molecular weight excluding hydrogens is 395 g/mol. The summed E-state index contributed by atoms with van der Waals surface area (Å²) in [7, 11) is 0. The molecule has 2 rings (SSSR count). The summed E-state index contributed by atoms with van der Waals surface area (Å²) in [5.74, 6) is -0.478. The number of carbonyl (C=O) groups is 2. The zero-order chi connectivity index (χ0) is 21.4. The van der Waals surface area contributed by atoms with E-state index in [-0.39, 0.29) is 36.8 Å². The number of nitrogens with zero attached hydrogens (tertiary/aromatic N) is 1. The molecule has 1 atom stereocenters. The zero-order valence-electron chi connectivity index (χ0n) is 16.8. The lowest BCUT2D eigenvalue weighted by Gasteiger charge is -2.31. The van der Waals surface area contributed by atoms with Crippen LogP contribution in [0.4, 0.5) is 4.39 Å². The van der Waals surface area contributed by atoms with Gasteiger partial charge in [0.2, 0.25) is 5.91 Å². The minimum Gasteiger partial charge on any atom is -0.484 e. The predicted molar refractivity (Wildman–Crippen MR) is 111 cm³/mol. The van der Waals surface area contributed by atoms with Gasteiger partial charge in [-0.1, -0.05) is 36.7 Å². The number of hydrogen-bond donors (Lipinski definition) is 1. The maximum absolute atomic E-state index is 13.2. The minimum atomic E-state index is -0.669. The molecule has 5 nitrogen and oxygen atoms in total. The van der Waals surface area contributed by atoms with E-state index >= 15 is 0 Å². The van der Waals surface area contributed by atoms with Gasteiger partial charge in [-0.2, -0.15) is 0 Å². The summed E-state index contributed by atoms with van der Waals surface area (Å²) in [5, 5.41) is 3.35. The number of nitrogens with one attached hydrogen (secondary N) is 1. The molecule has 29 heavy (non-hydrogen) atoms. The van der Waals surface area contributed by atoms with Crippen molar-refractivity contribution in [1.29, 1.82) is 0 Å². The van der Waals surface area contributed by atoms with Crippen LogP contribution < -0.4 is 10.1 Å². The Morgan fingerprint density at radius 1 is 1.17 bits per heavy atom. The smallest absolute Gasteiger partial charge is 0.261 e. The van der Waals surface area contributed by atoms with Gasteiger partial charge >= 0.3 is 0 Å². The van der Waals surface area contributed by atoms with Crippen LogP contribution in [0.15, 0.2) is 48.5 Å². The third kappa shape index (κ3) is 7.06. The van der Waals surface area contributed by atoms with Gasteiger partial charge in [0.05, 0.1) is 0 Å². The second-order valence-corrected chi connectivity index (χ2v) is 7.42. The van der Waals surface area contributed by atoms with E-state index in [0.717, 1.165) is 5.56 Å². The van der Waals surface area contributed by atoms with Crippen molar-refractivity contribution in [2.24, 2.45) is 0 Å². The van der Waals surface area contributed by atoms with Crippen molar-refractivity contribution in [3.05, 3.63) is 64.9 Å². The van der Waals surface area contributed by atoms with E-state index in [1.807, 2.05) is 20.8 Å². The maximum atomic E-state index is 13.2. The number of carbonyl (C=O) groups excluding carboxylic acids is 2. The Kier molecular flexibility index (Phi) is 8.46. The van der Waals surface area contributed by atoms with Gasteiger partial charge in [0, 0.05) is 17.6 Å². The predicted octanol–water partition coefficient (Wildman–Crippen LogP) is 4.19. The Hall–Kier alpha value is -2.60. The van der Waals surface area contributed by atoms with Gasteiger partial charge in [0.25, 0.3) is 5.91 Å². The lowest BCUT2D eigenvalue weighted by Crippen LogP contribution is -2.51. The first-order valence-corrected chi connectivity index (χ1v) is 9.90. The molecule has 0 spiro atoms. The average Bonchev–Trinajstić information content (AvgIpc) is 2.67. The van der Waals surface area contributed by atoms with Gasteiger partial charge in [-0.3, -0.25) is 9.59 Å². The van der Waals surface area contributed by atoms with E-state index in [9.17, 15) is 14.0 Å². The first-order chi connectivity index (χ1) is 13.8. The van der Waals surface area contributed by atoms with Gasteiger partial charge in [-0.15, -0.1) is 0 Å². The number of amides is 2. The highest BCUT2D eigenvalue weighted by Gasteiger charge is 2.29. The van der Waals surface area contributed by atoms with E-state index < -0.39 is 6.04 Å². The summed E-state index contributed by atoms with van der Waals surface area (Å²) < 4.78 is 18.8. The molecule has 2 aromatic rings. The standard InChI is InChI=1S/C22H26ClFN2O3/c1-4-20(22(28)25-15(2)3)26(13-16-8-10-18(24)11-9-16)21(27)14-29-19-7-5-6-17(23)12-19/h5-12,15,20H,4,13-14H2,1-3H3,(H,25,28)/t20-/m1/s1. The number of halogens is 2. The van der Waals surface area contributed by atoms with Crippen LogP contribution in [0.5, 0.6) is 5.75 Å². The molecule has 0 heterocycles. The van der Waals surface area contributed by atoms with Crippen LogP contribution in [0.2, 0.25) is 5.02 Å². The third-order valence-corrected chi connectivity index (χ3v) is 4.48. The quantitative estimate of drug-likeness (QED) is 0.661. The molecule has 0 aliphatic heterocycles. The summed E-state index contributed by atoms with van der Waals surface area (Å²) in [6.45, 7) is 5.49. The normalized spacial score (nSPS) is 11.8. The van der Waals surface area contributed by atoms with Crippen LogP contribution in [-0.2, 0) is 16.1 Å². The Morgan fingerprint density at radius 3 is 2.45 bits per heavy atom. The van der Waals surface area contributed by atoms with Gasteiger partial charge in [0.15, 0.2) is 6.61 Å². The Morgan fingerprint density at radius 2 is 1.86 bits per heavy atom. The molecule has 7 heteroatoms. The summed E-state index contributed by atoms with van der Waals surface area (Å²) in [4.78, 5) is 27.1. The molecule has 2 aromatic carbocycles. The van der Waals surface area contributed by atoms with Crippen LogP contribution in [0.3, 0.4) is 0 Å². The zero-order valence-corrected chi connectivity index (χ0v) is 17.6. The van der Waals surface area contributed by atoms with E-state index in [2.05, 4.69) is 5.32 Å². The number of hydrogen-bond acceptors (Lipinski definition) is 3. The lowest BCUT2D eigenvalue weighted by molar-refractivity contribution is -0.143. The second kappa shape index (κ2) is 10.8. The maximum Gasteiger partial charge on any atom is 0.261 e. The minimum absolute atomic E-state index is 0.0537. The highest BCUT2D eigenvalue weighted by molar-refractivity contribution is 6.30. The van der Waals surface area contributed by atoms with Crippen LogP contribution in [0, 0.1) is 5.82 Å². The van der Waals surface area contributed by atoms with Gasteiger partial charge < -0.3 is 15.0 Å². The van der Waals surface area contributed by atoms with Crippen molar-refractivity contribution >= 4 is 23.4 Å². The summed E-state index contributed by atoms with van der Waals surface area (Å²) in [6.07, 6.45) is 0.433. The van der Waals surface area contributed by atoms with Gasteiger partial charge in [-0.05, 0) is 56.2 Å². The number of ether oxygens (including phenoxy) is 1. The third-order valence-electron chi connectivity index (χ3n) is 4.24. The van der Waals surface area contributed by atoms with Crippen molar-refractivity contribution in [3.8, 4) is 5.75 Å². The topological polar surface area (TPSA) is 58.6 Å². The molecule has 0 aromatic heterocycles. The monoisotopic (exact) mass is 420 g/mol. The molecule has 0 aliphatic rings. The second-order valence-electron chi connectivity index (χ2n) is 6.98. The fourth-order valence-electron chi connectivity index (χ4n) is 2.87. The fraction of sp³-hybridized carbons (Fsp3) is 0.364. The Labute approximate surface area is 175 Å². The van der Waals surface area contributed by atoms with Crippen molar-refractivity contribution in [2.75, 3.05) is 6.61 Å². The molecule has 0 saturated heterocycles. The molecule has 1 N–H and O–H groups in total. The SMILES string of the molecule is CC[C@H](C(=O)NC(C)C)N(Cc1ccc(F)cc1)C(=O)COc1cccc(Cl)c1. The van der Waals surface area contributed by atoms with Crippen LogP contribution in [-0.4, -0.2) is 35.4 Å². The van der Waals surface area contributed by atoms with Crippen molar-refractivity contribution in [1.82, 2.24) is 10.2 Å². The lowest BCUT2D eigenvalue weighted by atomic mass is 10.1. The first-order valence-electron chi connectivity index (χ1n) is 9.52. The molecule has 2 amide bonds. The van der Waals surface area contributed by atoms with Gasteiger partial charge in [-0.25, -0.2) is 4.39 Å². The van der Waals surface area contributed by atoms with Crippen LogP contribution in [0.1, 0.15) is 32.8 Å². The number of benzene rings is 2. The van der Waals surface area contributed by atoms with Crippen LogP contribution in [0.25, 0.3) is 0 Å². The molecule has 156 valence electrons. The Balaban J connectivity index is 2.20. The first kappa shape index (κ1) is 22.7. The molecule has 0 saturated carbocycles. The molecule has 0 unspecified atom stereocenters. The van der Waals surface area contributed by atoms with E-state index in [0.29, 0.717) is 17.2 Å². The van der Waals surface area contributed by atoms with Crippen molar-refractivity contribution < 1.29 is 18.7 Å². The highest BCUT2D eigenvalue weighted by atomic mass is 35.5. The van der Waals surface area contributed by atoms with Gasteiger partial charge in [0.1, 0.15) is 17.6 Å². The Bertz CT molecular complexity index is 827. The largest absolute Gasteiger partial charge is 0.484 e. The summed E-state index contributed by atoms with van der Waals surface area (Å²) in [5.41, 5.74) is 0.721. The van der Waals surface area contributed by atoms with Crippen LogP contribution >= 0.6 is 11.6 Å². The molecule has 0 radical (unpaired) electrons. The summed E-state index contributed by atoms with van der Waals surface area (Å²) >= 11 is 5.95. The molecular formula is C22H26ClFN2O3.